The van der Waals surface area contributed by atoms with Crippen molar-refractivity contribution in [1.29, 1.82) is 0 Å². The van der Waals surface area contributed by atoms with Crippen LogP contribution in [-0.4, -0.2) is 28.2 Å². The first-order chi connectivity index (χ1) is 13.1. The number of carbonyl (C=O) groups excluding carboxylic acids is 1. The van der Waals surface area contributed by atoms with Gasteiger partial charge in [0.1, 0.15) is 0 Å². The Morgan fingerprint density at radius 2 is 1.11 bits per heavy atom. The Morgan fingerprint density at radius 3 is 1.52 bits per heavy atom. The highest BCUT2D eigenvalue weighted by Gasteiger charge is 2.39. The third kappa shape index (κ3) is 4.59. The number of aliphatic hydroxyl groups is 2. The average Bonchev–Trinajstić information content (AvgIpc) is 2.72. The van der Waals surface area contributed by atoms with E-state index in [1.54, 1.807) is 36.5 Å². The second-order valence-corrected chi connectivity index (χ2v) is 6.50. The lowest BCUT2D eigenvalue weighted by molar-refractivity contribution is -0.110. The molecule has 0 saturated heterocycles. The number of aliphatic hydroxyl groups excluding tert-OH is 2. The zero-order valence-corrected chi connectivity index (χ0v) is 14.8. The van der Waals surface area contributed by atoms with Crippen LogP contribution in [0.1, 0.15) is 11.1 Å². The van der Waals surface area contributed by atoms with Crippen molar-refractivity contribution >= 4 is 17.9 Å². The number of hydrogen-bond acceptors (Lipinski definition) is 3. The molecule has 2 N–H and O–H groups in total. The molecule has 0 bridgehead atoms. The van der Waals surface area contributed by atoms with E-state index in [2.05, 4.69) is 0 Å². The molecule has 0 spiro atoms. The quantitative estimate of drug-likeness (QED) is 0.825. The number of hydrogen-bond donors (Lipinski definition) is 2. The van der Waals surface area contributed by atoms with Gasteiger partial charge in [-0.15, -0.1) is 0 Å². The van der Waals surface area contributed by atoms with Gasteiger partial charge in [-0.2, -0.15) is 0 Å². The molecule has 2 aromatic carbocycles. The molecule has 0 aromatic heterocycles. The topological polar surface area (TPSA) is 57.5 Å². The van der Waals surface area contributed by atoms with E-state index in [0.29, 0.717) is 0 Å². The van der Waals surface area contributed by atoms with Gasteiger partial charge in [0.05, 0.1) is 17.6 Å². The minimum absolute atomic E-state index is 0.163. The van der Waals surface area contributed by atoms with E-state index >= 15 is 0 Å². The van der Waals surface area contributed by atoms with Crippen molar-refractivity contribution in [1.82, 2.24) is 0 Å². The summed E-state index contributed by atoms with van der Waals surface area (Å²) < 4.78 is 0. The van der Waals surface area contributed by atoms with Crippen LogP contribution in [0.5, 0.6) is 0 Å². The van der Waals surface area contributed by atoms with Crippen LogP contribution in [-0.2, 0) is 4.79 Å². The molecule has 0 heterocycles. The molecule has 2 unspecified atom stereocenters. The predicted octanol–water partition coefficient (Wildman–Crippen LogP) is 3.82. The molecular formula is C24H22O3. The molecule has 27 heavy (non-hydrogen) atoms. The Kier molecular flexibility index (Phi) is 5.97. The SMILES string of the molecule is O=C1C=CC(C(O)/C=C/c2ccccc2)(C(O)/C=C/c2ccccc2)C=C1. The van der Waals surface area contributed by atoms with Crippen molar-refractivity contribution in [3.05, 3.63) is 108 Å². The summed E-state index contributed by atoms with van der Waals surface area (Å²) in [6, 6.07) is 19.2. The zero-order valence-electron chi connectivity index (χ0n) is 14.8. The predicted molar refractivity (Wildman–Crippen MR) is 109 cm³/mol. The van der Waals surface area contributed by atoms with Crippen molar-refractivity contribution in [3.8, 4) is 0 Å². The van der Waals surface area contributed by atoms with Gasteiger partial charge in [0.15, 0.2) is 5.78 Å². The van der Waals surface area contributed by atoms with Gasteiger partial charge < -0.3 is 10.2 Å². The van der Waals surface area contributed by atoms with E-state index in [1.165, 1.54) is 12.2 Å². The van der Waals surface area contributed by atoms with Crippen molar-refractivity contribution in [2.24, 2.45) is 5.41 Å². The number of carbonyl (C=O) groups is 1. The Hall–Kier alpha value is -3.01. The van der Waals surface area contributed by atoms with Gasteiger partial charge in [0.2, 0.25) is 0 Å². The van der Waals surface area contributed by atoms with Crippen LogP contribution in [0, 0.1) is 5.41 Å². The molecule has 2 atom stereocenters. The van der Waals surface area contributed by atoms with E-state index in [1.807, 2.05) is 60.7 Å². The molecule has 0 saturated carbocycles. The van der Waals surface area contributed by atoms with Crippen LogP contribution < -0.4 is 0 Å². The first kappa shape index (κ1) is 18.8. The second-order valence-electron chi connectivity index (χ2n) is 6.50. The summed E-state index contributed by atoms with van der Waals surface area (Å²) in [5, 5.41) is 21.7. The van der Waals surface area contributed by atoms with E-state index in [4.69, 9.17) is 0 Å². The number of allylic oxidation sites excluding steroid dienone is 2. The lowest BCUT2D eigenvalue weighted by Crippen LogP contribution is -2.41. The van der Waals surface area contributed by atoms with Crippen molar-refractivity contribution < 1.29 is 15.0 Å². The van der Waals surface area contributed by atoms with Crippen LogP contribution in [0.2, 0.25) is 0 Å². The summed E-state index contributed by atoms with van der Waals surface area (Å²) in [6.07, 6.45) is 10.8. The Morgan fingerprint density at radius 1 is 0.704 bits per heavy atom. The molecule has 0 radical (unpaired) electrons. The highest BCUT2D eigenvalue weighted by molar-refractivity contribution is 6.00. The number of ketones is 1. The maximum atomic E-state index is 11.6. The maximum Gasteiger partial charge on any atom is 0.178 e. The molecule has 0 amide bonds. The third-order valence-electron chi connectivity index (χ3n) is 4.64. The normalized spacial score (nSPS) is 18.2. The summed E-state index contributed by atoms with van der Waals surface area (Å²) in [6.45, 7) is 0. The number of benzene rings is 2. The second kappa shape index (κ2) is 8.58. The van der Waals surface area contributed by atoms with Gasteiger partial charge >= 0.3 is 0 Å². The van der Waals surface area contributed by atoms with E-state index < -0.39 is 17.6 Å². The monoisotopic (exact) mass is 358 g/mol. The lowest BCUT2D eigenvalue weighted by Gasteiger charge is -2.35. The molecule has 1 aliphatic carbocycles. The summed E-state index contributed by atoms with van der Waals surface area (Å²) in [4.78, 5) is 11.6. The zero-order chi connectivity index (χ0) is 19.1. The fourth-order valence-corrected chi connectivity index (χ4v) is 3.00. The highest BCUT2D eigenvalue weighted by Crippen LogP contribution is 2.35. The van der Waals surface area contributed by atoms with Gasteiger partial charge in [-0.1, -0.05) is 97.1 Å². The largest absolute Gasteiger partial charge is 0.388 e. The summed E-state index contributed by atoms with van der Waals surface area (Å²) in [5.74, 6) is -0.163. The Balaban J connectivity index is 1.86. The molecular weight excluding hydrogens is 336 g/mol. The lowest BCUT2D eigenvalue weighted by atomic mass is 9.73. The molecule has 3 rings (SSSR count). The summed E-state index contributed by atoms with van der Waals surface area (Å²) >= 11 is 0. The highest BCUT2D eigenvalue weighted by atomic mass is 16.3. The van der Waals surface area contributed by atoms with Crippen molar-refractivity contribution in [3.63, 3.8) is 0 Å². The van der Waals surface area contributed by atoms with Gasteiger partial charge in [-0.05, 0) is 23.3 Å². The maximum absolute atomic E-state index is 11.6. The smallest absolute Gasteiger partial charge is 0.178 e. The number of rotatable bonds is 6. The minimum atomic E-state index is -1.11. The van der Waals surface area contributed by atoms with Crippen LogP contribution in [0.3, 0.4) is 0 Å². The van der Waals surface area contributed by atoms with Crippen molar-refractivity contribution in [2.45, 2.75) is 12.2 Å². The Labute approximate surface area is 159 Å². The van der Waals surface area contributed by atoms with E-state index in [9.17, 15) is 15.0 Å². The fraction of sp³-hybridized carbons (Fsp3) is 0.125. The molecule has 136 valence electrons. The van der Waals surface area contributed by atoms with Gasteiger partial charge in [0.25, 0.3) is 0 Å². The Bertz CT molecular complexity index is 803. The first-order valence-electron chi connectivity index (χ1n) is 8.85. The standard InChI is InChI=1S/C24H22O3/c25-21-15-17-24(18-16-21,22(26)13-11-19-7-3-1-4-8-19)23(27)14-12-20-9-5-2-6-10-20/h1-18,22-23,26-27H/b13-11+,14-12+. The molecule has 3 heteroatoms. The molecule has 0 fully saturated rings. The average molecular weight is 358 g/mol. The van der Waals surface area contributed by atoms with E-state index in [-0.39, 0.29) is 5.78 Å². The van der Waals surface area contributed by atoms with Crippen LogP contribution in [0.15, 0.2) is 97.1 Å². The summed E-state index contributed by atoms with van der Waals surface area (Å²) in [5.41, 5.74) is 0.784. The van der Waals surface area contributed by atoms with Crippen LogP contribution >= 0.6 is 0 Å². The summed E-state index contributed by atoms with van der Waals surface area (Å²) in [7, 11) is 0. The van der Waals surface area contributed by atoms with E-state index in [0.717, 1.165) is 11.1 Å². The minimum Gasteiger partial charge on any atom is -0.388 e. The van der Waals surface area contributed by atoms with Crippen molar-refractivity contribution in [2.75, 3.05) is 0 Å². The van der Waals surface area contributed by atoms with Gasteiger partial charge in [0, 0.05) is 0 Å². The molecule has 3 nitrogen and oxygen atoms in total. The van der Waals surface area contributed by atoms with Crippen LogP contribution in [0.4, 0.5) is 0 Å². The molecule has 1 aliphatic rings. The van der Waals surface area contributed by atoms with Gasteiger partial charge in [-0.3, -0.25) is 4.79 Å². The van der Waals surface area contributed by atoms with Gasteiger partial charge in [-0.25, -0.2) is 0 Å². The molecule has 2 aromatic rings. The molecule has 0 aliphatic heterocycles. The third-order valence-corrected chi connectivity index (χ3v) is 4.64. The first-order valence-corrected chi connectivity index (χ1v) is 8.85. The van der Waals surface area contributed by atoms with Crippen LogP contribution in [0.25, 0.3) is 12.2 Å². The fourth-order valence-electron chi connectivity index (χ4n) is 3.00.